The Balaban J connectivity index is 1.43. The van der Waals surface area contributed by atoms with Crippen molar-refractivity contribution in [2.75, 3.05) is 40.5 Å². The number of aliphatic hydroxyl groups is 3. The first-order chi connectivity index (χ1) is 21.9. The quantitative estimate of drug-likeness (QED) is 0.221. The summed E-state index contributed by atoms with van der Waals surface area (Å²) in [6.45, 7) is 1.88. The topological polar surface area (TPSA) is 202 Å². The highest BCUT2D eigenvalue weighted by molar-refractivity contribution is 6.31. The van der Waals surface area contributed by atoms with Gasteiger partial charge in [-0.25, -0.2) is 0 Å². The van der Waals surface area contributed by atoms with Crippen molar-refractivity contribution in [3.8, 4) is 17.2 Å². The number of fused-ring (bicyclic) bond motifs is 3. The summed E-state index contributed by atoms with van der Waals surface area (Å²) in [6, 6.07) is 3.93. The average molecular weight is 644 g/mol. The van der Waals surface area contributed by atoms with Crippen molar-refractivity contribution in [2.24, 2.45) is 0 Å². The van der Waals surface area contributed by atoms with Gasteiger partial charge in [0.05, 0.1) is 48.7 Å². The first-order valence-corrected chi connectivity index (χ1v) is 15.0. The van der Waals surface area contributed by atoms with E-state index in [0.29, 0.717) is 19.7 Å². The van der Waals surface area contributed by atoms with E-state index in [1.54, 1.807) is 6.92 Å². The van der Waals surface area contributed by atoms with E-state index < -0.39 is 102 Å². The number of hydrogen-bond donors (Lipinski definition) is 5. The third kappa shape index (κ3) is 5.18. The zero-order valence-corrected chi connectivity index (χ0v) is 25.6. The van der Waals surface area contributed by atoms with Crippen LogP contribution >= 0.6 is 0 Å². The second-order valence-electron chi connectivity index (χ2n) is 12.1. The summed E-state index contributed by atoms with van der Waals surface area (Å²) in [7, 11) is 2.85. The third-order valence-electron chi connectivity index (χ3n) is 9.53. The normalized spacial score (nSPS) is 31.2. The maximum Gasteiger partial charge on any atom is 0.202 e. The summed E-state index contributed by atoms with van der Waals surface area (Å²) >= 11 is 0. The van der Waals surface area contributed by atoms with Crippen LogP contribution in [-0.2, 0) is 30.2 Å². The molecule has 0 spiro atoms. The van der Waals surface area contributed by atoms with Crippen molar-refractivity contribution in [1.29, 1.82) is 0 Å². The largest absolute Gasteiger partial charge is 0.507 e. The number of rotatable bonds is 7. The van der Waals surface area contributed by atoms with Crippen molar-refractivity contribution in [1.82, 2.24) is 4.90 Å². The Kier molecular flexibility index (Phi) is 8.67. The summed E-state index contributed by atoms with van der Waals surface area (Å²) in [4.78, 5) is 42.4. The Hall–Kier alpha value is -3.47. The number of ketones is 3. The molecule has 46 heavy (non-hydrogen) atoms. The zero-order valence-electron chi connectivity index (χ0n) is 25.6. The molecule has 1 unspecified atom stereocenters. The van der Waals surface area contributed by atoms with Crippen molar-refractivity contribution < 1.29 is 63.6 Å². The summed E-state index contributed by atoms with van der Waals surface area (Å²) < 4.78 is 28.6. The molecule has 2 aliphatic carbocycles. The molecule has 2 aromatic carbocycles. The molecule has 2 fully saturated rings. The monoisotopic (exact) mass is 643 g/mol. The van der Waals surface area contributed by atoms with Crippen LogP contribution in [0, 0.1) is 0 Å². The Morgan fingerprint density at radius 3 is 2.52 bits per heavy atom. The number of aromatic hydroxyl groups is 2. The van der Waals surface area contributed by atoms with Gasteiger partial charge in [0.25, 0.3) is 0 Å². The summed E-state index contributed by atoms with van der Waals surface area (Å²) in [6.07, 6.45) is -5.46. The van der Waals surface area contributed by atoms with Gasteiger partial charge in [-0.15, -0.1) is 0 Å². The minimum atomic E-state index is -2.26. The lowest BCUT2D eigenvalue weighted by atomic mass is 9.72. The van der Waals surface area contributed by atoms with Gasteiger partial charge in [0.2, 0.25) is 5.78 Å². The van der Waals surface area contributed by atoms with Gasteiger partial charge in [-0.05, 0) is 13.0 Å². The lowest BCUT2D eigenvalue weighted by molar-refractivity contribution is -0.266. The second-order valence-corrected chi connectivity index (χ2v) is 12.1. The van der Waals surface area contributed by atoms with Crippen molar-refractivity contribution in [3.63, 3.8) is 0 Å². The van der Waals surface area contributed by atoms with E-state index in [1.807, 2.05) is 4.90 Å². The average Bonchev–Trinajstić information content (AvgIpc) is 3.05. The third-order valence-corrected chi connectivity index (χ3v) is 9.53. The van der Waals surface area contributed by atoms with Crippen LogP contribution in [0.2, 0.25) is 0 Å². The molecule has 2 aromatic rings. The number of methoxy groups -OCH3 is 2. The standard InChI is InChI=1S/C32H37NO13/c1-14-27(36)17(33-7-8-44-22(12-33)43-3)9-21(45-14)46-19-11-32(41,20(35)13-34)10-16-24(19)31(40)26-25(29(16)38)28(37)15-5-4-6-18(42-2)23(15)30(26)39/h4-6,14,17,19,21-22,27,34,36,38,40-41H,7-13H2,1-3H3/t14-,17-,19-,21-,22?,27+,32-/m0/s1. The molecule has 7 atom stereocenters. The Morgan fingerprint density at radius 1 is 1.09 bits per heavy atom. The molecule has 6 rings (SSSR count). The smallest absolute Gasteiger partial charge is 0.202 e. The van der Waals surface area contributed by atoms with Gasteiger partial charge >= 0.3 is 0 Å². The number of aliphatic hydroxyl groups excluding tert-OH is 2. The van der Waals surface area contributed by atoms with E-state index in [0.717, 1.165) is 0 Å². The maximum absolute atomic E-state index is 13.9. The Bertz CT molecular complexity index is 1580. The fraction of sp³-hybridized carbons (Fsp3) is 0.531. The molecule has 0 amide bonds. The van der Waals surface area contributed by atoms with Gasteiger partial charge in [-0.1, -0.05) is 12.1 Å². The number of phenols is 2. The molecule has 2 heterocycles. The molecule has 5 N–H and O–H groups in total. The number of carbonyl (C=O) groups excluding carboxylic acids is 3. The fourth-order valence-electron chi connectivity index (χ4n) is 7.14. The van der Waals surface area contributed by atoms with Crippen molar-refractivity contribution in [2.45, 2.75) is 68.7 Å². The van der Waals surface area contributed by atoms with Gasteiger partial charge in [0.1, 0.15) is 29.5 Å². The number of phenolic OH excluding ortho intramolecular Hbond substituents is 2. The van der Waals surface area contributed by atoms with Crippen molar-refractivity contribution >= 4 is 17.3 Å². The van der Waals surface area contributed by atoms with Crippen LogP contribution in [0.5, 0.6) is 17.2 Å². The first kappa shape index (κ1) is 32.5. The lowest BCUT2D eigenvalue weighted by Crippen LogP contribution is -2.59. The first-order valence-electron chi connectivity index (χ1n) is 15.0. The molecule has 0 saturated carbocycles. The van der Waals surface area contributed by atoms with Crippen LogP contribution in [0.15, 0.2) is 18.2 Å². The SMILES string of the molecule is COc1cccc2c1C(=O)c1c(O)c3c(c(O)c1C2=O)C[C@@](O)(C(=O)CO)C[C@@H]3O[C@H]1C[C@H](N2CCOC(OC)C2)[C@H](O)[C@H](C)O1. The van der Waals surface area contributed by atoms with Gasteiger partial charge in [0, 0.05) is 62.2 Å². The molecule has 2 saturated heterocycles. The van der Waals surface area contributed by atoms with Gasteiger partial charge in [-0.2, -0.15) is 0 Å². The summed E-state index contributed by atoms with van der Waals surface area (Å²) in [5, 5.41) is 55.5. The predicted octanol–water partition coefficient (Wildman–Crippen LogP) is 0.347. The predicted molar refractivity (Wildman–Crippen MR) is 156 cm³/mol. The molecular weight excluding hydrogens is 606 g/mol. The van der Waals surface area contributed by atoms with Crippen molar-refractivity contribution in [3.05, 3.63) is 51.6 Å². The number of carbonyl (C=O) groups is 3. The van der Waals surface area contributed by atoms with Crippen LogP contribution in [-0.4, -0.2) is 125 Å². The maximum atomic E-state index is 13.9. The van der Waals surface area contributed by atoms with E-state index in [2.05, 4.69) is 0 Å². The Morgan fingerprint density at radius 2 is 1.83 bits per heavy atom. The van der Waals surface area contributed by atoms with E-state index >= 15 is 0 Å². The van der Waals surface area contributed by atoms with E-state index in [1.165, 1.54) is 32.4 Å². The molecule has 0 aromatic heterocycles. The lowest BCUT2D eigenvalue weighted by Gasteiger charge is -2.47. The summed E-state index contributed by atoms with van der Waals surface area (Å²) in [5.41, 5.74) is -3.62. The molecule has 0 bridgehead atoms. The zero-order chi connectivity index (χ0) is 33.1. The van der Waals surface area contributed by atoms with Crippen LogP contribution in [0.4, 0.5) is 0 Å². The highest BCUT2D eigenvalue weighted by atomic mass is 16.7. The molecule has 248 valence electrons. The number of hydrogen-bond acceptors (Lipinski definition) is 14. The molecule has 14 nitrogen and oxygen atoms in total. The fourth-order valence-corrected chi connectivity index (χ4v) is 7.14. The minimum Gasteiger partial charge on any atom is -0.507 e. The number of Topliss-reactive ketones (excluding diaryl/α,β-unsaturated/α-hetero) is 1. The molecule has 0 radical (unpaired) electrons. The van der Waals surface area contributed by atoms with E-state index in [-0.39, 0.29) is 34.4 Å². The highest BCUT2D eigenvalue weighted by Gasteiger charge is 2.50. The summed E-state index contributed by atoms with van der Waals surface area (Å²) in [5.74, 6) is -3.75. The highest BCUT2D eigenvalue weighted by Crippen LogP contribution is 2.52. The number of nitrogens with zero attached hydrogens (tertiary/aromatic N) is 1. The number of morpholine rings is 1. The van der Waals surface area contributed by atoms with Gasteiger partial charge in [0.15, 0.2) is 24.1 Å². The van der Waals surface area contributed by atoms with Crippen LogP contribution in [0.25, 0.3) is 0 Å². The van der Waals surface area contributed by atoms with Gasteiger partial charge in [-0.3, -0.25) is 19.3 Å². The van der Waals surface area contributed by atoms with Crippen LogP contribution in [0.1, 0.15) is 68.8 Å². The number of benzene rings is 2. The van der Waals surface area contributed by atoms with Gasteiger partial charge < -0.3 is 49.2 Å². The minimum absolute atomic E-state index is 0.0511. The second kappa shape index (κ2) is 12.3. The van der Waals surface area contributed by atoms with Crippen LogP contribution < -0.4 is 4.74 Å². The number of ether oxygens (including phenoxy) is 5. The molecular formula is C32H37NO13. The molecule has 4 aliphatic rings. The Labute approximate surface area is 264 Å². The molecule has 2 aliphatic heterocycles. The van der Waals surface area contributed by atoms with Crippen LogP contribution in [0.3, 0.4) is 0 Å². The van der Waals surface area contributed by atoms with E-state index in [4.69, 9.17) is 23.7 Å². The van der Waals surface area contributed by atoms with E-state index in [9.17, 15) is 39.9 Å². The molecule has 14 heteroatoms.